The topological polar surface area (TPSA) is 63.4 Å². The van der Waals surface area contributed by atoms with Crippen molar-refractivity contribution in [3.05, 3.63) is 0 Å². The predicted octanol–water partition coefficient (Wildman–Crippen LogP) is -0.687. The van der Waals surface area contributed by atoms with Crippen molar-refractivity contribution in [1.29, 1.82) is 0 Å². The number of nitrogens with two attached hydrogens (primary N) is 1. The molecule has 76 valence electrons. The normalized spacial score (nSPS) is 31.5. The Labute approximate surface area is 80.9 Å². The molecule has 1 saturated heterocycles. The van der Waals surface area contributed by atoms with E-state index in [1.54, 1.807) is 11.8 Å². The molecule has 0 aromatic heterocycles. The van der Waals surface area contributed by atoms with Crippen LogP contribution in [0.4, 0.5) is 0 Å². The molecule has 0 aromatic carbocycles. The summed E-state index contributed by atoms with van der Waals surface area (Å²) in [5, 5.41) is 0.0800. The van der Waals surface area contributed by atoms with E-state index >= 15 is 0 Å². The van der Waals surface area contributed by atoms with Gasteiger partial charge in [-0.1, -0.05) is 0 Å². The molecule has 1 aliphatic rings. The molecule has 0 aliphatic carbocycles. The third-order valence-corrected chi connectivity index (χ3v) is 3.82. The third kappa shape index (κ3) is 2.51. The van der Waals surface area contributed by atoms with Crippen LogP contribution in [0.5, 0.6) is 0 Å². The van der Waals surface area contributed by atoms with Crippen molar-refractivity contribution < 1.29 is 9.00 Å². The molecule has 0 radical (unpaired) electrons. The van der Waals surface area contributed by atoms with Crippen LogP contribution >= 0.6 is 0 Å². The number of hydrogen-bond donors (Lipinski definition) is 1. The number of hydrogen-bond acceptors (Lipinski definition) is 3. The Kier molecular flexibility index (Phi) is 3.44. The molecule has 1 aliphatic heterocycles. The van der Waals surface area contributed by atoms with Crippen molar-refractivity contribution in [1.82, 2.24) is 4.90 Å². The fourth-order valence-corrected chi connectivity index (χ4v) is 2.52. The molecule has 1 amide bonds. The van der Waals surface area contributed by atoms with Gasteiger partial charge in [0.1, 0.15) is 0 Å². The summed E-state index contributed by atoms with van der Waals surface area (Å²) in [7, 11) is -0.770. The van der Waals surface area contributed by atoms with Crippen LogP contribution < -0.4 is 5.73 Å². The summed E-state index contributed by atoms with van der Waals surface area (Å²) in [4.78, 5) is 13.2. The van der Waals surface area contributed by atoms with E-state index in [4.69, 9.17) is 5.73 Å². The van der Waals surface area contributed by atoms with E-state index < -0.39 is 16.8 Å². The Hall–Kier alpha value is -0.420. The van der Waals surface area contributed by atoms with Crippen LogP contribution in [0.25, 0.3) is 0 Å². The molecule has 4 nitrogen and oxygen atoms in total. The van der Waals surface area contributed by atoms with Gasteiger partial charge in [0, 0.05) is 34.9 Å². The Morgan fingerprint density at radius 3 is 2.77 bits per heavy atom. The van der Waals surface area contributed by atoms with Crippen LogP contribution in [0, 0.1) is 0 Å². The molecule has 2 N–H and O–H groups in total. The molecular formula is C8H16N2O2S. The number of rotatable bonds is 1. The Morgan fingerprint density at radius 1 is 1.69 bits per heavy atom. The minimum absolute atomic E-state index is 0.0384. The molecule has 0 bridgehead atoms. The van der Waals surface area contributed by atoms with Crippen LogP contribution in [0.1, 0.15) is 13.8 Å². The summed E-state index contributed by atoms with van der Waals surface area (Å²) in [5.74, 6) is 0.545. The smallest absolute Gasteiger partial charge is 0.239 e. The number of nitrogens with zero attached hydrogens (tertiary/aromatic N) is 1. The lowest BCUT2D eigenvalue weighted by Gasteiger charge is -2.31. The van der Waals surface area contributed by atoms with E-state index in [0.717, 1.165) is 0 Å². The first-order chi connectivity index (χ1) is 6.02. The van der Waals surface area contributed by atoms with E-state index in [0.29, 0.717) is 18.8 Å². The summed E-state index contributed by atoms with van der Waals surface area (Å²) >= 11 is 0. The number of carbonyl (C=O) groups is 1. The number of amides is 1. The van der Waals surface area contributed by atoms with Gasteiger partial charge < -0.3 is 10.6 Å². The second-order valence-electron chi connectivity index (χ2n) is 3.47. The van der Waals surface area contributed by atoms with E-state index in [9.17, 15) is 9.00 Å². The van der Waals surface area contributed by atoms with Crippen LogP contribution in [-0.4, -0.2) is 45.2 Å². The predicted molar refractivity (Wildman–Crippen MR) is 52.7 cm³/mol. The summed E-state index contributed by atoms with van der Waals surface area (Å²) in [6.07, 6.45) is 0. The highest BCUT2D eigenvalue weighted by atomic mass is 32.2. The van der Waals surface area contributed by atoms with Crippen LogP contribution in [0.3, 0.4) is 0 Å². The van der Waals surface area contributed by atoms with Gasteiger partial charge in [0.2, 0.25) is 5.91 Å². The highest BCUT2D eigenvalue weighted by Gasteiger charge is 2.26. The maximum absolute atomic E-state index is 11.5. The molecule has 0 spiro atoms. The van der Waals surface area contributed by atoms with Gasteiger partial charge in [-0.05, 0) is 13.8 Å². The minimum atomic E-state index is -0.770. The minimum Gasteiger partial charge on any atom is -0.339 e. The Bertz CT molecular complexity index is 230. The van der Waals surface area contributed by atoms with E-state index in [-0.39, 0.29) is 11.2 Å². The lowest BCUT2D eigenvalue weighted by atomic mass is 10.3. The fourth-order valence-electron chi connectivity index (χ4n) is 1.37. The highest BCUT2D eigenvalue weighted by molar-refractivity contribution is 7.85. The van der Waals surface area contributed by atoms with Crippen molar-refractivity contribution >= 4 is 16.7 Å². The molecule has 0 saturated carbocycles. The van der Waals surface area contributed by atoms with E-state index in [2.05, 4.69) is 0 Å². The molecule has 5 heteroatoms. The van der Waals surface area contributed by atoms with Gasteiger partial charge in [0.05, 0.1) is 6.04 Å². The van der Waals surface area contributed by atoms with Crippen molar-refractivity contribution in [3.63, 3.8) is 0 Å². The molecule has 1 fully saturated rings. The van der Waals surface area contributed by atoms with E-state index in [1.807, 2.05) is 6.92 Å². The summed E-state index contributed by atoms with van der Waals surface area (Å²) < 4.78 is 11.3. The molecule has 13 heavy (non-hydrogen) atoms. The molecule has 3 unspecified atom stereocenters. The zero-order chi connectivity index (χ0) is 10.0. The second kappa shape index (κ2) is 4.19. The molecule has 0 aromatic rings. The van der Waals surface area contributed by atoms with Gasteiger partial charge in [-0.15, -0.1) is 0 Å². The molecule has 3 atom stereocenters. The Morgan fingerprint density at radius 2 is 2.31 bits per heavy atom. The largest absolute Gasteiger partial charge is 0.339 e. The fraction of sp³-hybridized carbons (Fsp3) is 0.875. The highest BCUT2D eigenvalue weighted by Crippen LogP contribution is 2.08. The Balaban J connectivity index is 2.55. The van der Waals surface area contributed by atoms with Crippen molar-refractivity contribution in [2.45, 2.75) is 25.1 Å². The first kappa shape index (κ1) is 10.7. The van der Waals surface area contributed by atoms with Gasteiger partial charge >= 0.3 is 0 Å². The molecular weight excluding hydrogens is 188 g/mol. The zero-order valence-corrected chi connectivity index (χ0v) is 8.84. The van der Waals surface area contributed by atoms with Crippen LogP contribution in [-0.2, 0) is 15.6 Å². The number of carbonyl (C=O) groups excluding carboxylic acids is 1. The maximum Gasteiger partial charge on any atom is 0.239 e. The molecule has 1 heterocycles. The van der Waals surface area contributed by atoms with Crippen molar-refractivity contribution in [3.8, 4) is 0 Å². The second-order valence-corrected chi connectivity index (χ2v) is 5.44. The van der Waals surface area contributed by atoms with Gasteiger partial charge in [-0.2, -0.15) is 0 Å². The van der Waals surface area contributed by atoms with Gasteiger partial charge in [0.15, 0.2) is 0 Å². The van der Waals surface area contributed by atoms with Gasteiger partial charge in [-0.25, -0.2) is 0 Å². The van der Waals surface area contributed by atoms with Gasteiger partial charge in [0.25, 0.3) is 0 Å². The lowest BCUT2D eigenvalue weighted by Crippen LogP contribution is -2.50. The maximum atomic E-state index is 11.5. The molecule has 1 rings (SSSR count). The quantitative estimate of drug-likeness (QED) is 0.615. The van der Waals surface area contributed by atoms with Crippen LogP contribution in [0.2, 0.25) is 0 Å². The van der Waals surface area contributed by atoms with Crippen LogP contribution in [0.15, 0.2) is 0 Å². The van der Waals surface area contributed by atoms with Crippen molar-refractivity contribution in [2.75, 3.05) is 18.8 Å². The first-order valence-corrected chi connectivity index (χ1v) is 5.82. The summed E-state index contributed by atoms with van der Waals surface area (Å²) in [6, 6.07) is -0.446. The van der Waals surface area contributed by atoms with Crippen molar-refractivity contribution in [2.24, 2.45) is 5.73 Å². The summed E-state index contributed by atoms with van der Waals surface area (Å²) in [5.41, 5.74) is 5.48. The monoisotopic (exact) mass is 204 g/mol. The average molecular weight is 204 g/mol. The first-order valence-electron chi connectivity index (χ1n) is 4.44. The summed E-state index contributed by atoms with van der Waals surface area (Å²) in [6.45, 7) is 4.74. The third-order valence-electron chi connectivity index (χ3n) is 2.19. The standard InChI is InChI=1S/C8H16N2O2S/c1-6-5-10(3-4-13(6)12)8(11)7(2)9/h6-7H,3-5,9H2,1-2H3. The van der Waals surface area contributed by atoms with E-state index in [1.165, 1.54) is 0 Å². The van der Waals surface area contributed by atoms with Gasteiger partial charge in [-0.3, -0.25) is 9.00 Å². The SMILES string of the molecule is CC(N)C(=O)N1CCS(=O)C(C)C1. The zero-order valence-electron chi connectivity index (χ0n) is 8.03. The average Bonchev–Trinajstić information content (AvgIpc) is 2.08. The lowest BCUT2D eigenvalue weighted by molar-refractivity contribution is -0.132.